The van der Waals surface area contributed by atoms with Gasteiger partial charge in [0.15, 0.2) is 0 Å². The molecule has 2 heterocycles. The Morgan fingerprint density at radius 3 is 1.42 bits per heavy atom. The molecular formula is C50H41N3. The molecule has 0 amide bonds. The predicted octanol–water partition coefficient (Wildman–Crippen LogP) is 13.7. The molecule has 0 saturated heterocycles. The molecule has 0 bridgehead atoms. The lowest BCUT2D eigenvalue weighted by atomic mass is 9.87. The SMILES string of the molecule is CC(C)(C)c1ccc(-n2c(-c3ccccc3)cc3cc(-c4ccc5c(c4)cc(N(c4ccccc4)c4ccccc4)n5-c4ccccc4)ccc32)cc1. The molecule has 0 spiro atoms. The quantitative estimate of drug-likeness (QED) is 0.163. The van der Waals surface area contributed by atoms with Crippen molar-refractivity contribution >= 4 is 39.0 Å². The van der Waals surface area contributed by atoms with Crippen molar-refractivity contribution in [2.75, 3.05) is 4.90 Å². The first-order chi connectivity index (χ1) is 25.9. The number of aromatic nitrogens is 2. The number of hydrogen-bond acceptors (Lipinski definition) is 1. The first kappa shape index (κ1) is 32.3. The van der Waals surface area contributed by atoms with E-state index in [2.05, 4.69) is 229 Å². The second-order valence-electron chi connectivity index (χ2n) is 14.8. The van der Waals surface area contributed by atoms with Gasteiger partial charge in [0.05, 0.1) is 16.7 Å². The Hall–Kier alpha value is -6.58. The number of hydrogen-bond donors (Lipinski definition) is 0. The van der Waals surface area contributed by atoms with Gasteiger partial charge in [0, 0.05) is 33.5 Å². The van der Waals surface area contributed by atoms with Gasteiger partial charge >= 0.3 is 0 Å². The molecule has 53 heavy (non-hydrogen) atoms. The Kier molecular flexibility index (Phi) is 8.05. The molecule has 3 heteroatoms. The van der Waals surface area contributed by atoms with Crippen molar-refractivity contribution < 1.29 is 0 Å². The Morgan fingerprint density at radius 2 is 0.868 bits per heavy atom. The van der Waals surface area contributed by atoms with E-state index in [1.807, 2.05) is 0 Å². The summed E-state index contributed by atoms with van der Waals surface area (Å²) in [5, 5.41) is 2.39. The third kappa shape index (κ3) is 6.00. The van der Waals surface area contributed by atoms with Crippen molar-refractivity contribution in [1.29, 1.82) is 0 Å². The average molecular weight is 684 g/mol. The summed E-state index contributed by atoms with van der Waals surface area (Å²) < 4.78 is 4.78. The molecule has 0 aliphatic carbocycles. The van der Waals surface area contributed by atoms with Gasteiger partial charge in [-0.05, 0) is 113 Å². The molecule has 2 aromatic heterocycles. The van der Waals surface area contributed by atoms with E-state index in [1.165, 1.54) is 44.2 Å². The van der Waals surface area contributed by atoms with Gasteiger partial charge in [-0.25, -0.2) is 0 Å². The average Bonchev–Trinajstić information content (AvgIpc) is 3.77. The van der Waals surface area contributed by atoms with Crippen LogP contribution in [0.2, 0.25) is 0 Å². The summed E-state index contributed by atoms with van der Waals surface area (Å²) in [6.45, 7) is 6.80. The summed E-state index contributed by atoms with van der Waals surface area (Å²) in [4.78, 5) is 2.35. The van der Waals surface area contributed by atoms with Crippen LogP contribution in [0.1, 0.15) is 26.3 Å². The molecule has 0 unspecified atom stereocenters. The van der Waals surface area contributed by atoms with Gasteiger partial charge in [-0.2, -0.15) is 0 Å². The molecule has 0 atom stereocenters. The van der Waals surface area contributed by atoms with Crippen molar-refractivity contribution in [3.8, 4) is 33.8 Å². The maximum atomic E-state index is 2.40. The van der Waals surface area contributed by atoms with Crippen LogP contribution < -0.4 is 4.90 Å². The van der Waals surface area contributed by atoms with Crippen LogP contribution in [0.5, 0.6) is 0 Å². The lowest BCUT2D eigenvalue weighted by Crippen LogP contribution is -2.13. The van der Waals surface area contributed by atoms with E-state index in [4.69, 9.17) is 0 Å². The highest BCUT2D eigenvalue weighted by atomic mass is 15.3. The summed E-state index contributed by atoms with van der Waals surface area (Å²) >= 11 is 0. The lowest BCUT2D eigenvalue weighted by Gasteiger charge is -2.26. The van der Waals surface area contributed by atoms with Crippen molar-refractivity contribution in [2.45, 2.75) is 26.2 Å². The molecule has 0 aliphatic rings. The molecular weight excluding hydrogens is 643 g/mol. The smallest absolute Gasteiger partial charge is 0.123 e. The Bertz CT molecular complexity index is 2620. The summed E-state index contributed by atoms with van der Waals surface area (Å²) in [5.41, 5.74) is 13.0. The van der Waals surface area contributed by atoms with Crippen LogP contribution in [-0.2, 0) is 5.41 Å². The summed E-state index contributed by atoms with van der Waals surface area (Å²) in [6, 6.07) is 70.2. The molecule has 0 saturated carbocycles. The van der Waals surface area contributed by atoms with E-state index >= 15 is 0 Å². The van der Waals surface area contributed by atoms with Crippen molar-refractivity contribution in [2.24, 2.45) is 0 Å². The monoisotopic (exact) mass is 683 g/mol. The maximum absolute atomic E-state index is 2.40. The fourth-order valence-electron chi connectivity index (χ4n) is 7.57. The zero-order chi connectivity index (χ0) is 35.9. The van der Waals surface area contributed by atoms with Gasteiger partial charge in [-0.3, -0.25) is 9.47 Å². The van der Waals surface area contributed by atoms with Gasteiger partial charge < -0.3 is 4.57 Å². The maximum Gasteiger partial charge on any atom is 0.123 e. The second-order valence-corrected chi connectivity index (χ2v) is 14.8. The molecule has 0 fully saturated rings. The minimum absolute atomic E-state index is 0.0970. The number of benzene rings is 7. The fourth-order valence-corrected chi connectivity index (χ4v) is 7.57. The van der Waals surface area contributed by atoms with E-state index in [0.717, 1.165) is 34.1 Å². The van der Waals surface area contributed by atoms with E-state index in [-0.39, 0.29) is 5.41 Å². The first-order valence-corrected chi connectivity index (χ1v) is 18.4. The number of fused-ring (bicyclic) bond motifs is 2. The number of rotatable bonds is 7. The van der Waals surface area contributed by atoms with Crippen LogP contribution >= 0.6 is 0 Å². The minimum atomic E-state index is 0.0970. The third-order valence-corrected chi connectivity index (χ3v) is 10.3. The van der Waals surface area contributed by atoms with Crippen molar-refractivity contribution in [3.63, 3.8) is 0 Å². The zero-order valence-corrected chi connectivity index (χ0v) is 30.3. The zero-order valence-electron chi connectivity index (χ0n) is 30.3. The number of anilines is 3. The van der Waals surface area contributed by atoms with E-state index in [0.29, 0.717) is 0 Å². The fraction of sp³-hybridized carbons (Fsp3) is 0.0800. The van der Waals surface area contributed by atoms with Gasteiger partial charge in [-0.1, -0.05) is 130 Å². The highest BCUT2D eigenvalue weighted by Crippen LogP contribution is 2.41. The van der Waals surface area contributed by atoms with Crippen LogP contribution in [0.25, 0.3) is 55.6 Å². The van der Waals surface area contributed by atoms with Crippen LogP contribution in [0.4, 0.5) is 17.2 Å². The highest BCUT2D eigenvalue weighted by molar-refractivity contribution is 5.96. The largest absolute Gasteiger partial charge is 0.309 e. The standard InChI is InChI=1S/C50H41N3/c1-50(2,3)41-26-28-45(29-27-41)52-46-30-24-37(32-39(46)34-48(52)36-16-8-4-9-17-36)38-25-31-47-40(33-38)35-49(53(47)44-22-14-7-15-23-44)51(42-18-10-5-11-19-42)43-20-12-6-13-21-43/h4-35H,1-3H3. The molecule has 7 aromatic carbocycles. The first-order valence-electron chi connectivity index (χ1n) is 18.4. The van der Waals surface area contributed by atoms with E-state index in [9.17, 15) is 0 Å². The third-order valence-electron chi connectivity index (χ3n) is 10.3. The van der Waals surface area contributed by atoms with E-state index < -0.39 is 0 Å². The predicted molar refractivity (Wildman–Crippen MR) is 224 cm³/mol. The summed E-state index contributed by atoms with van der Waals surface area (Å²) in [5.74, 6) is 1.08. The number of nitrogens with zero attached hydrogens (tertiary/aromatic N) is 3. The number of para-hydroxylation sites is 3. The molecule has 0 radical (unpaired) electrons. The topological polar surface area (TPSA) is 13.1 Å². The molecule has 256 valence electrons. The van der Waals surface area contributed by atoms with Gasteiger partial charge in [0.2, 0.25) is 0 Å². The molecule has 9 rings (SSSR count). The van der Waals surface area contributed by atoms with Crippen molar-refractivity contribution in [3.05, 3.63) is 200 Å². The van der Waals surface area contributed by atoms with E-state index in [1.54, 1.807) is 0 Å². The molecule has 0 aliphatic heterocycles. The Morgan fingerprint density at radius 1 is 0.396 bits per heavy atom. The molecule has 0 N–H and O–H groups in total. The van der Waals surface area contributed by atoms with Gasteiger partial charge in [0.25, 0.3) is 0 Å². The Balaban J connectivity index is 1.20. The normalized spacial score (nSPS) is 11.7. The van der Waals surface area contributed by atoms with Gasteiger partial charge in [-0.15, -0.1) is 0 Å². The lowest BCUT2D eigenvalue weighted by molar-refractivity contribution is 0.590. The molecule has 3 nitrogen and oxygen atoms in total. The highest BCUT2D eigenvalue weighted by Gasteiger charge is 2.21. The van der Waals surface area contributed by atoms with Crippen molar-refractivity contribution in [1.82, 2.24) is 9.13 Å². The molecule has 9 aromatic rings. The van der Waals surface area contributed by atoms with Crippen LogP contribution in [0, 0.1) is 0 Å². The van der Waals surface area contributed by atoms with Crippen LogP contribution in [0.15, 0.2) is 194 Å². The van der Waals surface area contributed by atoms with Gasteiger partial charge in [0.1, 0.15) is 5.82 Å². The summed E-state index contributed by atoms with van der Waals surface area (Å²) in [6.07, 6.45) is 0. The minimum Gasteiger partial charge on any atom is -0.309 e. The Labute approximate surface area is 311 Å². The van der Waals surface area contributed by atoms with Crippen LogP contribution in [0.3, 0.4) is 0 Å². The summed E-state index contributed by atoms with van der Waals surface area (Å²) in [7, 11) is 0. The van der Waals surface area contributed by atoms with Crippen LogP contribution in [-0.4, -0.2) is 9.13 Å². The second kappa shape index (κ2) is 13.2.